The van der Waals surface area contributed by atoms with E-state index < -0.39 is 0 Å². The van der Waals surface area contributed by atoms with Crippen LogP contribution in [0.5, 0.6) is 0 Å². The molecule has 122 valence electrons. The Morgan fingerprint density at radius 3 is 2.55 bits per heavy atom. The molecule has 0 unspecified atom stereocenters. The Hall–Kier alpha value is -1.75. The van der Waals surface area contributed by atoms with Crippen LogP contribution in [0, 0.1) is 0 Å². The van der Waals surface area contributed by atoms with Gasteiger partial charge in [-0.1, -0.05) is 36.7 Å². The van der Waals surface area contributed by atoms with Gasteiger partial charge in [0.05, 0.1) is 0 Å². The molecule has 5 nitrogen and oxygen atoms in total. The summed E-state index contributed by atoms with van der Waals surface area (Å²) in [6, 6.07) is 7.73. The zero-order valence-electron chi connectivity index (χ0n) is 13.8. The Morgan fingerprint density at radius 2 is 1.95 bits per heavy atom. The Morgan fingerprint density at radius 1 is 1.27 bits per heavy atom. The number of hydrogen-bond acceptors (Lipinski definition) is 2. The van der Waals surface area contributed by atoms with Gasteiger partial charge in [0, 0.05) is 39.3 Å². The van der Waals surface area contributed by atoms with E-state index >= 15 is 0 Å². The molecule has 0 atom stereocenters. The maximum Gasteiger partial charge on any atom is 0.243 e. The van der Waals surface area contributed by atoms with E-state index in [0.717, 1.165) is 23.6 Å². The average Bonchev–Trinajstić information content (AvgIpc) is 2.49. The Balaban J connectivity index is 2.79. The van der Waals surface area contributed by atoms with E-state index in [0.29, 0.717) is 12.5 Å². The average molecular weight is 325 g/mol. The minimum Gasteiger partial charge on any atom is -0.356 e. The number of aliphatic imine (C=N–C) groups is 1. The summed E-state index contributed by atoms with van der Waals surface area (Å²) in [5.74, 6) is 0.680. The van der Waals surface area contributed by atoms with Crippen molar-refractivity contribution in [1.29, 1.82) is 0 Å². The van der Waals surface area contributed by atoms with Crippen molar-refractivity contribution in [2.45, 2.75) is 19.9 Å². The van der Waals surface area contributed by atoms with Crippen LogP contribution in [-0.2, 0) is 11.3 Å². The summed E-state index contributed by atoms with van der Waals surface area (Å²) in [5.41, 5.74) is 1.02. The first-order valence-corrected chi connectivity index (χ1v) is 7.76. The number of amides is 1. The first kappa shape index (κ1) is 18.3. The molecule has 1 rings (SSSR count). The lowest BCUT2D eigenvalue weighted by Crippen LogP contribution is -2.40. The molecule has 1 aromatic carbocycles. The van der Waals surface area contributed by atoms with Gasteiger partial charge in [0.25, 0.3) is 0 Å². The number of carbonyl (C=O) groups is 1. The SMILES string of the molecule is CCCNC(=NCC(=O)N(C)C)N(C)Cc1ccccc1Cl. The molecular weight excluding hydrogens is 300 g/mol. The number of hydrogen-bond donors (Lipinski definition) is 1. The van der Waals surface area contributed by atoms with Gasteiger partial charge < -0.3 is 15.1 Å². The summed E-state index contributed by atoms with van der Waals surface area (Å²) < 4.78 is 0. The molecule has 22 heavy (non-hydrogen) atoms. The monoisotopic (exact) mass is 324 g/mol. The van der Waals surface area contributed by atoms with Gasteiger partial charge in [-0.3, -0.25) is 4.79 Å². The van der Waals surface area contributed by atoms with Crippen molar-refractivity contribution in [1.82, 2.24) is 15.1 Å². The minimum atomic E-state index is -0.0260. The number of nitrogens with one attached hydrogen (secondary N) is 1. The Bertz CT molecular complexity index is 517. The standard InChI is InChI=1S/C16H25ClN4O/c1-5-10-18-16(19-11-15(22)20(2)3)21(4)12-13-8-6-7-9-14(13)17/h6-9H,5,10-12H2,1-4H3,(H,18,19). The van der Waals surface area contributed by atoms with Crippen LogP contribution < -0.4 is 5.32 Å². The molecule has 0 aromatic heterocycles. The number of carbonyl (C=O) groups excluding carboxylic acids is 1. The number of nitrogens with zero attached hydrogens (tertiary/aromatic N) is 3. The van der Waals surface area contributed by atoms with Crippen LogP contribution in [0.4, 0.5) is 0 Å². The van der Waals surface area contributed by atoms with E-state index in [-0.39, 0.29) is 12.5 Å². The van der Waals surface area contributed by atoms with Crippen LogP contribution in [0.2, 0.25) is 5.02 Å². The van der Waals surface area contributed by atoms with E-state index in [1.807, 2.05) is 36.2 Å². The molecule has 0 aliphatic rings. The molecule has 0 saturated heterocycles. The largest absolute Gasteiger partial charge is 0.356 e. The van der Waals surface area contributed by atoms with Gasteiger partial charge in [-0.05, 0) is 18.1 Å². The fraction of sp³-hybridized carbons (Fsp3) is 0.500. The topological polar surface area (TPSA) is 47.9 Å². The summed E-state index contributed by atoms with van der Waals surface area (Å²) in [5, 5.41) is 4.00. The summed E-state index contributed by atoms with van der Waals surface area (Å²) in [4.78, 5) is 19.6. The summed E-state index contributed by atoms with van der Waals surface area (Å²) in [6.07, 6.45) is 0.987. The molecule has 0 bridgehead atoms. The van der Waals surface area contributed by atoms with Gasteiger partial charge >= 0.3 is 0 Å². The van der Waals surface area contributed by atoms with Gasteiger partial charge in [-0.15, -0.1) is 0 Å². The third-order valence-corrected chi connectivity index (χ3v) is 3.49. The van der Waals surface area contributed by atoms with Crippen LogP contribution in [-0.4, -0.2) is 55.9 Å². The van der Waals surface area contributed by atoms with Gasteiger partial charge in [-0.25, -0.2) is 4.99 Å². The second-order valence-electron chi connectivity index (χ2n) is 5.30. The van der Waals surface area contributed by atoms with Crippen molar-refractivity contribution in [3.63, 3.8) is 0 Å². The molecule has 1 aromatic rings. The van der Waals surface area contributed by atoms with Crippen LogP contribution in [0.25, 0.3) is 0 Å². The predicted molar refractivity (Wildman–Crippen MR) is 92.2 cm³/mol. The highest BCUT2D eigenvalue weighted by atomic mass is 35.5. The number of guanidine groups is 1. The highest BCUT2D eigenvalue weighted by Gasteiger charge is 2.10. The van der Waals surface area contributed by atoms with Crippen molar-refractivity contribution >= 4 is 23.5 Å². The molecule has 0 saturated carbocycles. The van der Waals surface area contributed by atoms with E-state index in [4.69, 9.17) is 11.6 Å². The lowest BCUT2D eigenvalue weighted by molar-refractivity contribution is -0.127. The fourth-order valence-corrected chi connectivity index (χ4v) is 1.98. The van der Waals surface area contributed by atoms with Crippen LogP contribution in [0.3, 0.4) is 0 Å². The summed E-state index contributed by atoms with van der Waals surface area (Å²) >= 11 is 6.20. The molecule has 0 radical (unpaired) electrons. The third-order valence-electron chi connectivity index (χ3n) is 3.12. The first-order chi connectivity index (χ1) is 10.5. The molecule has 0 aliphatic heterocycles. The maximum absolute atomic E-state index is 11.7. The predicted octanol–water partition coefficient (Wildman–Crippen LogP) is 2.22. The highest BCUT2D eigenvalue weighted by Crippen LogP contribution is 2.16. The molecule has 1 amide bonds. The molecule has 6 heteroatoms. The molecule has 1 N–H and O–H groups in total. The lowest BCUT2D eigenvalue weighted by atomic mass is 10.2. The van der Waals surface area contributed by atoms with Crippen molar-refractivity contribution < 1.29 is 4.79 Å². The zero-order valence-corrected chi connectivity index (χ0v) is 14.5. The van der Waals surface area contributed by atoms with Gasteiger partial charge in [0.1, 0.15) is 6.54 Å². The number of benzene rings is 1. The van der Waals surface area contributed by atoms with Gasteiger partial charge in [-0.2, -0.15) is 0 Å². The number of likely N-dealkylation sites (N-methyl/N-ethyl adjacent to an activating group) is 1. The summed E-state index contributed by atoms with van der Waals surface area (Å²) in [7, 11) is 5.39. The molecular formula is C16H25ClN4O. The second-order valence-corrected chi connectivity index (χ2v) is 5.71. The quantitative estimate of drug-likeness (QED) is 0.645. The molecule has 0 aliphatic carbocycles. The molecule has 0 fully saturated rings. The lowest BCUT2D eigenvalue weighted by Gasteiger charge is -2.23. The second kappa shape index (κ2) is 9.30. The number of halogens is 1. The van der Waals surface area contributed by atoms with Gasteiger partial charge in [0.2, 0.25) is 5.91 Å². The minimum absolute atomic E-state index is 0.0260. The smallest absolute Gasteiger partial charge is 0.243 e. The van der Waals surface area contributed by atoms with Crippen LogP contribution >= 0.6 is 11.6 Å². The molecule has 0 heterocycles. The first-order valence-electron chi connectivity index (χ1n) is 7.38. The Kier molecular flexibility index (Phi) is 7.74. The number of rotatable bonds is 6. The van der Waals surface area contributed by atoms with Crippen molar-refractivity contribution in [2.75, 3.05) is 34.2 Å². The molecule has 0 spiro atoms. The van der Waals surface area contributed by atoms with Crippen LogP contribution in [0.1, 0.15) is 18.9 Å². The highest BCUT2D eigenvalue weighted by molar-refractivity contribution is 6.31. The third kappa shape index (κ3) is 5.93. The maximum atomic E-state index is 11.7. The zero-order chi connectivity index (χ0) is 16.5. The normalized spacial score (nSPS) is 11.2. The van der Waals surface area contributed by atoms with Crippen molar-refractivity contribution in [2.24, 2.45) is 4.99 Å². The van der Waals surface area contributed by atoms with Crippen molar-refractivity contribution in [3.05, 3.63) is 34.9 Å². The van der Waals surface area contributed by atoms with Crippen LogP contribution in [0.15, 0.2) is 29.3 Å². The van der Waals surface area contributed by atoms with Crippen molar-refractivity contribution in [3.8, 4) is 0 Å². The Labute approximate surface area is 138 Å². The van der Waals surface area contributed by atoms with E-state index in [2.05, 4.69) is 17.2 Å². The van der Waals surface area contributed by atoms with Gasteiger partial charge in [0.15, 0.2) is 5.96 Å². The summed E-state index contributed by atoms with van der Waals surface area (Å²) in [6.45, 7) is 3.66. The fourth-order valence-electron chi connectivity index (χ4n) is 1.79. The van der Waals surface area contributed by atoms with E-state index in [1.165, 1.54) is 4.90 Å². The van der Waals surface area contributed by atoms with E-state index in [1.54, 1.807) is 14.1 Å². The van der Waals surface area contributed by atoms with E-state index in [9.17, 15) is 4.79 Å².